The first kappa shape index (κ1) is 14.3. The first-order valence-electron chi connectivity index (χ1n) is 8.19. The Labute approximate surface area is 136 Å². The van der Waals surface area contributed by atoms with Crippen LogP contribution in [0.15, 0.2) is 48.5 Å². The minimum Gasteiger partial charge on any atom is -0.453 e. The number of hydrogen-bond acceptors (Lipinski definition) is 3. The zero-order chi connectivity index (χ0) is 15.8. The van der Waals surface area contributed by atoms with E-state index in [2.05, 4.69) is 4.90 Å². The molecule has 2 aliphatic heterocycles. The number of carbonyl (C=O) groups is 1. The molecule has 0 aliphatic carbocycles. The summed E-state index contributed by atoms with van der Waals surface area (Å²) in [6, 6.07) is 15.3. The number of anilines is 2. The van der Waals surface area contributed by atoms with Crippen molar-refractivity contribution in [2.75, 3.05) is 18.0 Å². The summed E-state index contributed by atoms with van der Waals surface area (Å²) in [6.45, 7) is 4.01. The molecule has 1 atom stereocenters. The van der Waals surface area contributed by atoms with Crippen molar-refractivity contribution in [2.45, 2.75) is 25.8 Å². The highest BCUT2D eigenvalue weighted by Gasteiger charge is 2.34. The molecule has 4 heteroatoms. The average Bonchev–Trinajstić information content (AvgIpc) is 3.13. The Balaban J connectivity index is 1.76. The number of ether oxygens (including phenoxy) is 1. The van der Waals surface area contributed by atoms with Crippen LogP contribution in [0.4, 0.5) is 11.4 Å². The highest BCUT2D eigenvalue weighted by Crippen LogP contribution is 2.46. The van der Waals surface area contributed by atoms with E-state index in [9.17, 15) is 4.79 Å². The predicted octanol–water partition coefficient (Wildman–Crippen LogP) is 3.94. The van der Waals surface area contributed by atoms with E-state index >= 15 is 0 Å². The number of amides is 1. The van der Waals surface area contributed by atoms with Crippen molar-refractivity contribution >= 4 is 17.3 Å². The Bertz CT molecular complexity index is 692. The van der Waals surface area contributed by atoms with Gasteiger partial charge < -0.3 is 4.74 Å². The largest absolute Gasteiger partial charge is 0.453 e. The number of para-hydroxylation sites is 4. The molecule has 4 rings (SSSR count). The Hall–Kier alpha value is -2.33. The molecule has 2 aliphatic rings. The zero-order valence-electron chi connectivity index (χ0n) is 13.2. The van der Waals surface area contributed by atoms with Crippen LogP contribution in [-0.4, -0.2) is 29.9 Å². The molecule has 0 N–H and O–H groups in total. The number of fused-ring (bicyclic) bond motifs is 2. The molecule has 1 amide bonds. The summed E-state index contributed by atoms with van der Waals surface area (Å²) >= 11 is 0. The Morgan fingerprint density at radius 2 is 1.48 bits per heavy atom. The smallest absolute Gasteiger partial charge is 0.248 e. The SMILES string of the molecule is CC(C(=O)N1c2ccccc2Oc2ccccc21)N1CCCC1. The lowest BCUT2D eigenvalue weighted by molar-refractivity contribution is -0.122. The van der Waals surface area contributed by atoms with Crippen LogP contribution in [0.25, 0.3) is 0 Å². The second-order valence-corrected chi connectivity index (χ2v) is 6.13. The molecule has 1 fully saturated rings. The van der Waals surface area contributed by atoms with Gasteiger partial charge in [0.15, 0.2) is 11.5 Å². The lowest BCUT2D eigenvalue weighted by atomic mass is 10.1. The van der Waals surface area contributed by atoms with Crippen molar-refractivity contribution in [1.29, 1.82) is 0 Å². The monoisotopic (exact) mass is 308 g/mol. The van der Waals surface area contributed by atoms with Crippen molar-refractivity contribution < 1.29 is 9.53 Å². The van der Waals surface area contributed by atoms with E-state index in [0.29, 0.717) is 0 Å². The van der Waals surface area contributed by atoms with Gasteiger partial charge in [-0.15, -0.1) is 0 Å². The maximum absolute atomic E-state index is 13.2. The Morgan fingerprint density at radius 3 is 2.04 bits per heavy atom. The summed E-state index contributed by atoms with van der Waals surface area (Å²) < 4.78 is 5.96. The van der Waals surface area contributed by atoms with Crippen LogP contribution < -0.4 is 9.64 Å². The van der Waals surface area contributed by atoms with Crippen LogP contribution in [0.1, 0.15) is 19.8 Å². The second kappa shape index (κ2) is 5.70. The van der Waals surface area contributed by atoms with E-state index in [1.807, 2.05) is 60.4 Å². The van der Waals surface area contributed by atoms with Gasteiger partial charge in [0.1, 0.15) is 0 Å². The van der Waals surface area contributed by atoms with Crippen molar-refractivity contribution in [3.05, 3.63) is 48.5 Å². The van der Waals surface area contributed by atoms with Gasteiger partial charge in [0.2, 0.25) is 5.91 Å². The summed E-state index contributed by atoms with van der Waals surface area (Å²) in [6.07, 6.45) is 2.35. The molecule has 4 nitrogen and oxygen atoms in total. The molecule has 23 heavy (non-hydrogen) atoms. The molecular weight excluding hydrogens is 288 g/mol. The number of benzene rings is 2. The van der Waals surface area contributed by atoms with Crippen molar-refractivity contribution in [3.8, 4) is 11.5 Å². The number of nitrogens with zero attached hydrogens (tertiary/aromatic N) is 2. The van der Waals surface area contributed by atoms with Gasteiger partial charge in [-0.05, 0) is 57.1 Å². The minimum absolute atomic E-state index is 0.107. The van der Waals surface area contributed by atoms with Crippen LogP contribution >= 0.6 is 0 Å². The molecule has 0 aromatic heterocycles. The van der Waals surface area contributed by atoms with Gasteiger partial charge in [0, 0.05) is 0 Å². The van der Waals surface area contributed by atoms with Gasteiger partial charge in [0.05, 0.1) is 17.4 Å². The molecule has 118 valence electrons. The Morgan fingerprint density at radius 1 is 0.957 bits per heavy atom. The summed E-state index contributed by atoms with van der Waals surface area (Å²) in [5.41, 5.74) is 1.64. The molecule has 2 aromatic carbocycles. The predicted molar refractivity (Wildman–Crippen MR) is 90.4 cm³/mol. The van der Waals surface area contributed by atoms with Crippen LogP contribution in [-0.2, 0) is 4.79 Å². The van der Waals surface area contributed by atoms with Gasteiger partial charge >= 0.3 is 0 Å². The fourth-order valence-electron chi connectivity index (χ4n) is 3.41. The topological polar surface area (TPSA) is 32.8 Å². The minimum atomic E-state index is -0.128. The fraction of sp³-hybridized carbons (Fsp3) is 0.316. The molecule has 0 saturated carbocycles. The van der Waals surface area contributed by atoms with Gasteiger partial charge in [-0.1, -0.05) is 24.3 Å². The summed E-state index contributed by atoms with van der Waals surface area (Å²) in [4.78, 5) is 17.3. The quantitative estimate of drug-likeness (QED) is 0.842. The third-order valence-electron chi connectivity index (χ3n) is 4.70. The average molecular weight is 308 g/mol. The molecule has 0 bridgehead atoms. The van der Waals surface area contributed by atoms with Crippen molar-refractivity contribution in [2.24, 2.45) is 0 Å². The van der Waals surface area contributed by atoms with Crippen LogP contribution in [0, 0.1) is 0 Å². The molecule has 2 aromatic rings. The number of hydrogen-bond donors (Lipinski definition) is 0. The standard InChI is InChI=1S/C19H20N2O2/c1-14(20-12-6-7-13-20)19(22)21-15-8-2-4-10-17(15)23-18-11-5-3-9-16(18)21/h2-5,8-11,14H,6-7,12-13H2,1H3. The third-order valence-corrected chi connectivity index (χ3v) is 4.70. The van der Waals surface area contributed by atoms with Gasteiger partial charge in [-0.2, -0.15) is 0 Å². The van der Waals surface area contributed by atoms with E-state index in [4.69, 9.17) is 4.74 Å². The normalized spacial score (nSPS) is 18.0. The van der Waals surface area contributed by atoms with E-state index < -0.39 is 0 Å². The molecule has 0 radical (unpaired) electrons. The van der Waals surface area contributed by atoms with Gasteiger partial charge in [-0.3, -0.25) is 14.6 Å². The lowest BCUT2D eigenvalue weighted by Gasteiger charge is -2.34. The van der Waals surface area contributed by atoms with Crippen molar-refractivity contribution in [1.82, 2.24) is 4.90 Å². The molecule has 1 unspecified atom stereocenters. The fourth-order valence-corrected chi connectivity index (χ4v) is 3.41. The lowest BCUT2D eigenvalue weighted by Crippen LogP contribution is -2.45. The molecule has 1 saturated heterocycles. The maximum atomic E-state index is 13.2. The number of likely N-dealkylation sites (tertiary alicyclic amines) is 1. The maximum Gasteiger partial charge on any atom is 0.248 e. The number of carbonyl (C=O) groups excluding carboxylic acids is 1. The van der Waals surface area contributed by atoms with Crippen molar-refractivity contribution in [3.63, 3.8) is 0 Å². The molecule has 2 heterocycles. The zero-order valence-corrected chi connectivity index (χ0v) is 13.2. The molecule has 0 spiro atoms. The van der Waals surface area contributed by atoms with Crippen LogP contribution in [0.5, 0.6) is 11.5 Å². The van der Waals surface area contributed by atoms with E-state index in [-0.39, 0.29) is 11.9 Å². The molecular formula is C19H20N2O2. The van der Waals surface area contributed by atoms with Gasteiger partial charge in [0.25, 0.3) is 0 Å². The number of rotatable bonds is 2. The van der Waals surface area contributed by atoms with E-state index in [1.165, 1.54) is 12.8 Å². The van der Waals surface area contributed by atoms with E-state index in [1.54, 1.807) is 0 Å². The Kier molecular flexibility index (Phi) is 3.54. The summed E-state index contributed by atoms with van der Waals surface area (Å²) in [5, 5.41) is 0. The first-order chi connectivity index (χ1) is 11.3. The van der Waals surface area contributed by atoms with Crippen LogP contribution in [0.2, 0.25) is 0 Å². The summed E-state index contributed by atoms with van der Waals surface area (Å²) in [5.74, 6) is 1.57. The highest BCUT2D eigenvalue weighted by atomic mass is 16.5. The van der Waals surface area contributed by atoms with Gasteiger partial charge in [-0.25, -0.2) is 0 Å². The highest BCUT2D eigenvalue weighted by molar-refractivity contribution is 6.06. The summed E-state index contributed by atoms with van der Waals surface area (Å²) in [7, 11) is 0. The van der Waals surface area contributed by atoms with Crippen LogP contribution in [0.3, 0.4) is 0 Å². The first-order valence-corrected chi connectivity index (χ1v) is 8.19. The third kappa shape index (κ3) is 2.39. The van der Waals surface area contributed by atoms with E-state index in [0.717, 1.165) is 36.0 Å². The second-order valence-electron chi connectivity index (χ2n) is 6.13.